The van der Waals surface area contributed by atoms with Gasteiger partial charge >= 0.3 is 6.03 Å². The van der Waals surface area contributed by atoms with Gasteiger partial charge in [0.15, 0.2) is 5.78 Å². The number of halogens is 1. The molecule has 2 aliphatic rings. The molecule has 1 aromatic carbocycles. The Bertz CT molecular complexity index is 1330. The predicted octanol–water partition coefficient (Wildman–Crippen LogP) is 4.42. The van der Waals surface area contributed by atoms with Gasteiger partial charge in [0.1, 0.15) is 12.0 Å². The molecule has 3 aromatic rings. The number of anilines is 1. The van der Waals surface area contributed by atoms with Crippen molar-refractivity contribution in [3.63, 3.8) is 0 Å². The average Bonchev–Trinajstić information content (AvgIpc) is 3.53. The fourth-order valence-corrected chi connectivity index (χ4v) is 4.91. The molecule has 8 nitrogen and oxygen atoms in total. The van der Waals surface area contributed by atoms with Gasteiger partial charge in [-0.1, -0.05) is 30.3 Å². The van der Waals surface area contributed by atoms with Crippen molar-refractivity contribution in [3.05, 3.63) is 71.0 Å². The third kappa shape index (κ3) is 4.98. The topological polar surface area (TPSA) is 98.4 Å². The highest BCUT2D eigenvalue weighted by Gasteiger charge is 2.43. The van der Waals surface area contributed by atoms with Gasteiger partial charge in [0.25, 0.3) is 0 Å². The van der Waals surface area contributed by atoms with Crippen molar-refractivity contribution in [2.75, 3.05) is 25.0 Å². The minimum Gasteiger partial charge on any atom is -0.356 e. The molecule has 3 amide bonds. The fraction of sp³-hybridized carbons (Fsp3) is 0.357. The number of nitrogens with zero attached hydrogens (tertiary/aromatic N) is 3. The lowest BCUT2D eigenvalue weighted by atomic mass is 9.93. The first kappa shape index (κ1) is 24.7. The number of carbonyl (C=O) groups excluding carboxylic acids is 3. The highest BCUT2D eigenvalue weighted by atomic mass is 19.1. The van der Waals surface area contributed by atoms with E-state index < -0.39 is 12.1 Å². The van der Waals surface area contributed by atoms with Crippen LogP contribution in [0.3, 0.4) is 0 Å². The largest absolute Gasteiger partial charge is 0.356 e. The molecule has 0 spiro atoms. The summed E-state index contributed by atoms with van der Waals surface area (Å²) in [6.07, 6.45) is 1.24. The molecule has 2 atom stereocenters. The summed E-state index contributed by atoms with van der Waals surface area (Å²) in [5.41, 5.74) is 4.68. The van der Waals surface area contributed by atoms with Gasteiger partial charge in [0, 0.05) is 42.5 Å². The molecule has 37 heavy (non-hydrogen) atoms. The molecule has 1 fully saturated rings. The van der Waals surface area contributed by atoms with Crippen LogP contribution in [0, 0.1) is 5.92 Å². The monoisotopic (exact) mass is 503 g/mol. The van der Waals surface area contributed by atoms with Crippen LogP contribution in [-0.2, 0) is 17.8 Å². The van der Waals surface area contributed by atoms with Crippen molar-refractivity contribution in [1.82, 2.24) is 19.8 Å². The summed E-state index contributed by atoms with van der Waals surface area (Å²) in [5, 5.41) is 2.70. The van der Waals surface area contributed by atoms with E-state index in [1.165, 1.54) is 0 Å². The molecule has 1 aliphatic heterocycles. The maximum atomic E-state index is 13.4. The van der Waals surface area contributed by atoms with Crippen molar-refractivity contribution in [3.8, 4) is 11.3 Å². The van der Waals surface area contributed by atoms with E-state index in [9.17, 15) is 18.8 Å². The molecule has 0 saturated heterocycles. The van der Waals surface area contributed by atoms with Crippen molar-refractivity contribution in [1.29, 1.82) is 0 Å². The number of hydrogen-bond donors (Lipinski definition) is 2. The van der Waals surface area contributed by atoms with Crippen molar-refractivity contribution >= 4 is 23.5 Å². The molecular weight excluding hydrogens is 473 g/mol. The molecule has 2 N–H and O–H groups in total. The standard InChI is InChI=1S/C28H30FN5O3/c1-3-33(4-2)28(37)34-15-22-25(23(35)16-34)20(12-17-8-6-5-7-9-17)26(31-22)18-10-11-30-24(13-18)32-27(36)19-14-21(19)29/h5-11,13,19,21,31H,3-4,12,14-16H2,1-2H3,(H,30,32,36)/t19-,21+/m1/s1. The third-order valence-corrected chi connectivity index (χ3v) is 7.02. The van der Waals surface area contributed by atoms with Crippen LogP contribution in [0.15, 0.2) is 48.7 Å². The van der Waals surface area contributed by atoms with Crippen molar-refractivity contribution in [2.45, 2.75) is 39.4 Å². The number of carbonyl (C=O) groups is 3. The maximum Gasteiger partial charge on any atom is 0.320 e. The van der Waals surface area contributed by atoms with E-state index >= 15 is 0 Å². The lowest BCUT2D eigenvalue weighted by molar-refractivity contribution is -0.117. The van der Waals surface area contributed by atoms with Crippen LogP contribution >= 0.6 is 0 Å². The molecular formula is C28H30FN5O3. The van der Waals surface area contributed by atoms with E-state index in [1.54, 1.807) is 28.1 Å². The summed E-state index contributed by atoms with van der Waals surface area (Å²) < 4.78 is 13.3. The number of urea groups is 1. The van der Waals surface area contributed by atoms with E-state index in [1.807, 2.05) is 44.2 Å². The van der Waals surface area contributed by atoms with Crippen LogP contribution in [0.1, 0.15) is 47.4 Å². The zero-order valence-electron chi connectivity index (χ0n) is 21.0. The number of hydrogen-bond acceptors (Lipinski definition) is 4. The van der Waals surface area contributed by atoms with Crippen LogP contribution in [0.2, 0.25) is 0 Å². The number of ketones is 1. The van der Waals surface area contributed by atoms with Gasteiger partial charge in [0.05, 0.1) is 24.7 Å². The lowest BCUT2D eigenvalue weighted by Gasteiger charge is -2.31. The maximum absolute atomic E-state index is 13.4. The minimum absolute atomic E-state index is 0.0187. The average molecular weight is 504 g/mol. The Morgan fingerprint density at radius 3 is 2.57 bits per heavy atom. The molecule has 5 rings (SSSR count). The molecule has 192 valence electrons. The summed E-state index contributed by atoms with van der Waals surface area (Å²) in [6, 6.07) is 13.2. The first-order valence-electron chi connectivity index (χ1n) is 12.7. The Hall–Kier alpha value is -4.01. The van der Waals surface area contributed by atoms with Crippen LogP contribution < -0.4 is 5.32 Å². The molecule has 0 radical (unpaired) electrons. The molecule has 0 unspecified atom stereocenters. The van der Waals surface area contributed by atoms with Gasteiger partial charge in [-0.3, -0.25) is 9.59 Å². The number of pyridine rings is 1. The number of H-pyrrole nitrogens is 1. The smallest absolute Gasteiger partial charge is 0.320 e. The molecule has 3 heterocycles. The number of rotatable bonds is 7. The van der Waals surface area contributed by atoms with E-state index in [0.29, 0.717) is 43.1 Å². The molecule has 1 aliphatic carbocycles. The minimum atomic E-state index is -1.09. The Balaban J connectivity index is 1.52. The van der Waals surface area contributed by atoms with E-state index in [2.05, 4.69) is 15.3 Å². The highest BCUT2D eigenvalue weighted by Crippen LogP contribution is 2.36. The number of aromatic nitrogens is 2. The van der Waals surface area contributed by atoms with Crippen molar-refractivity contribution < 1.29 is 18.8 Å². The van der Waals surface area contributed by atoms with E-state index in [0.717, 1.165) is 22.4 Å². The quantitative estimate of drug-likeness (QED) is 0.499. The third-order valence-electron chi connectivity index (χ3n) is 7.02. The summed E-state index contributed by atoms with van der Waals surface area (Å²) in [4.78, 5) is 49.6. The van der Waals surface area contributed by atoms with Gasteiger partial charge in [-0.2, -0.15) is 0 Å². The summed E-state index contributed by atoms with van der Waals surface area (Å²) in [7, 11) is 0. The number of fused-ring (bicyclic) bond motifs is 1. The second-order valence-electron chi connectivity index (χ2n) is 9.51. The van der Waals surface area contributed by atoms with Gasteiger partial charge in [-0.05, 0) is 43.5 Å². The van der Waals surface area contributed by atoms with Gasteiger partial charge in [0.2, 0.25) is 5.91 Å². The number of nitrogens with one attached hydrogen (secondary N) is 2. The van der Waals surface area contributed by atoms with E-state index in [-0.39, 0.29) is 30.7 Å². The summed E-state index contributed by atoms with van der Waals surface area (Å²) in [5.74, 6) is -0.790. The van der Waals surface area contributed by atoms with Crippen LogP contribution in [0.25, 0.3) is 11.3 Å². The van der Waals surface area contributed by atoms with Crippen molar-refractivity contribution in [2.24, 2.45) is 5.92 Å². The number of aromatic amines is 1. The first-order chi connectivity index (χ1) is 17.9. The van der Waals surface area contributed by atoms with Crippen LogP contribution in [0.5, 0.6) is 0 Å². The summed E-state index contributed by atoms with van der Waals surface area (Å²) >= 11 is 0. The Morgan fingerprint density at radius 2 is 1.89 bits per heavy atom. The second-order valence-corrected chi connectivity index (χ2v) is 9.51. The molecule has 2 aromatic heterocycles. The Labute approximate surface area is 214 Å². The first-order valence-corrected chi connectivity index (χ1v) is 12.7. The van der Waals surface area contributed by atoms with Crippen LogP contribution in [0.4, 0.5) is 15.0 Å². The molecule has 0 bridgehead atoms. The molecule has 1 saturated carbocycles. The second kappa shape index (κ2) is 10.2. The number of amides is 3. The Kier molecular flexibility index (Phi) is 6.78. The zero-order chi connectivity index (χ0) is 26.1. The predicted molar refractivity (Wildman–Crippen MR) is 138 cm³/mol. The number of benzene rings is 1. The number of Topliss-reactive ketones (excluding diaryl/α,β-unsaturated/α-hetero) is 1. The van der Waals surface area contributed by atoms with Crippen LogP contribution in [-0.4, -0.2) is 63.3 Å². The SMILES string of the molecule is CCN(CC)C(=O)N1CC(=O)c2c([nH]c(-c3ccnc(NC(=O)[C@@H]4C[C@@H]4F)c3)c2Cc2ccccc2)C1. The Morgan fingerprint density at radius 1 is 1.16 bits per heavy atom. The molecule has 9 heteroatoms. The van der Waals surface area contributed by atoms with E-state index in [4.69, 9.17) is 0 Å². The lowest BCUT2D eigenvalue weighted by Crippen LogP contribution is -2.47. The van der Waals surface area contributed by atoms with Gasteiger partial charge in [-0.15, -0.1) is 0 Å². The number of alkyl halides is 1. The zero-order valence-corrected chi connectivity index (χ0v) is 21.0. The van der Waals surface area contributed by atoms with Gasteiger partial charge < -0.3 is 20.1 Å². The summed E-state index contributed by atoms with van der Waals surface area (Å²) in [6.45, 7) is 5.28. The highest BCUT2D eigenvalue weighted by molar-refractivity contribution is 6.04. The van der Waals surface area contributed by atoms with Gasteiger partial charge in [-0.25, -0.2) is 14.2 Å². The fourth-order valence-electron chi connectivity index (χ4n) is 4.91. The normalized spacial score (nSPS) is 18.4.